The highest BCUT2D eigenvalue weighted by atomic mass is 32.1. The van der Waals surface area contributed by atoms with Gasteiger partial charge in [0.05, 0.1) is 11.0 Å². The minimum Gasteiger partial charge on any atom is -0.392 e. The Bertz CT molecular complexity index is 365. The van der Waals surface area contributed by atoms with E-state index in [0.717, 1.165) is 12.8 Å². The molecule has 86 valence electrons. The van der Waals surface area contributed by atoms with Gasteiger partial charge in [-0.15, -0.1) is 0 Å². The molecule has 3 nitrogen and oxygen atoms in total. The van der Waals surface area contributed by atoms with E-state index in [1.165, 1.54) is 0 Å². The second-order valence-electron chi connectivity index (χ2n) is 3.58. The third-order valence-corrected chi connectivity index (χ3v) is 2.55. The van der Waals surface area contributed by atoms with Crippen LogP contribution in [0, 0.1) is 0 Å². The molecule has 1 atom stereocenters. The van der Waals surface area contributed by atoms with Gasteiger partial charge in [-0.05, 0) is 18.6 Å². The second kappa shape index (κ2) is 6.23. The number of nitrogens with two attached hydrogens (primary N) is 1. The van der Waals surface area contributed by atoms with Crippen LogP contribution in [0.2, 0.25) is 0 Å². The van der Waals surface area contributed by atoms with Gasteiger partial charge < -0.3 is 11.1 Å². The van der Waals surface area contributed by atoms with Crippen molar-refractivity contribution in [2.45, 2.75) is 25.8 Å². The molecule has 4 heteroatoms. The van der Waals surface area contributed by atoms with Crippen molar-refractivity contribution in [1.82, 2.24) is 5.32 Å². The molecule has 0 aromatic heterocycles. The van der Waals surface area contributed by atoms with Crippen molar-refractivity contribution in [3.05, 3.63) is 35.9 Å². The van der Waals surface area contributed by atoms with Crippen LogP contribution in [0.25, 0.3) is 0 Å². The Hall–Kier alpha value is -1.42. The number of nitrogens with one attached hydrogen (secondary N) is 1. The maximum Gasteiger partial charge on any atom is 0.251 e. The van der Waals surface area contributed by atoms with Crippen molar-refractivity contribution in [3.63, 3.8) is 0 Å². The molecule has 1 aromatic rings. The second-order valence-corrected chi connectivity index (χ2v) is 4.05. The van der Waals surface area contributed by atoms with Gasteiger partial charge in [0.15, 0.2) is 0 Å². The van der Waals surface area contributed by atoms with E-state index in [0.29, 0.717) is 10.6 Å². The van der Waals surface area contributed by atoms with Crippen LogP contribution in [-0.2, 0) is 0 Å². The highest BCUT2D eigenvalue weighted by Gasteiger charge is 2.14. The van der Waals surface area contributed by atoms with Gasteiger partial charge in [-0.1, -0.05) is 43.8 Å². The largest absolute Gasteiger partial charge is 0.392 e. The first-order valence-electron chi connectivity index (χ1n) is 5.30. The van der Waals surface area contributed by atoms with E-state index < -0.39 is 0 Å². The van der Waals surface area contributed by atoms with Gasteiger partial charge >= 0.3 is 0 Å². The number of rotatable bonds is 5. The molecular formula is C12H16N2OS. The van der Waals surface area contributed by atoms with Gasteiger partial charge in [0.2, 0.25) is 0 Å². The molecule has 0 saturated heterocycles. The predicted molar refractivity (Wildman–Crippen MR) is 69.4 cm³/mol. The van der Waals surface area contributed by atoms with Crippen LogP contribution in [0.4, 0.5) is 0 Å². The quantitative estimate of drug-likeness (QED) is 0.767. The molecule has 0 heterocycles. The lowest BCUT2D eigenvalue weighted by Crippen LogP contribution is -2.43. The lowest BCUT2D eigenvalue weighted by atomic mass is 10.1. The van der Waals surface area contributed by atoms with Crippen molar-refractivity contribution in [1.29, 1.82) is 0 Å². The Morgan fingerprint density at radius 2 is 2.06 bits per heavy atom. The molecule has 16 heavy (non-hydrogen) atoms. The Kier molecular flexibility index (Phi) is 4.92. The van der Waals surface area contributed by atoms with Crippen LogP contribution in [0.3, 0.4) is 0 Å². The number of amides is 1. The molecule has 3 N–H and O–H groups in total. The molecule has 0 spiro atoms. The summed E-state index contributed by atoms with van der Waals surface area (Å²) in [4.78, 5) is 12.1. The number of carbonyl (C=O) groups excluding carboxylic acids is 1. The minimum absolute atomic E-state index is 0.133. The first-order chi connectivity index (χ1) is 7.65. The topological polar surface area (TPSA) is 55.1 Å². The van der Waals surface area contributed by atoms with Crippen molar-refractivity contribution in [2.24, 2.45) is 5.73 Å². The van der Waals surface area contributed by atoms with Gasteiger partial charge in [0.25, 0.3) is 5.91 Å². The SMILES string of the molecule is CCCC(NC(=O)c1ccccc1)C(N)=S. The van der Waals surface area contributed by atoms with Crippen LogP contribution >= 0.6 is 12.2 Å². The fraction of sp³-hybridized carbons (Fsp3) is 0.333. The molecule has 0 radical (unpaired) electrons. The number of hydrogen-bond acceptors (Lipinski definition) is 2. The summed E-state index contributed by atoms with van der Waals surface area (Å²) in [6.07, 6.45) is 1.70. The molecule has 1 aromatic carbocycles. The lowest BCUT2D eigenvalue weighted by Gasteiger charge is -2.16. The predicted octanol–water partition coefficient (Wildman–Crippen LogP) is 1.87. The molecule has 0 saturated carbocycles. The highest BCUT2D eigenvalue weighted by molar-refractivity contribution is 7.80. The third kappa shape index (κ3) is 3.62. The van der Waals surface area contributed by atoms with Crippen molar-refractivity contribution >= 4 is 23.1 Å². The number of thiocarbonyl (C=S) groups is 1. The third-order valence-electron chi connectivity index (χ3n) is 2.26. The van der Waals surface area contributed by atoms with Crippen LogP contribution in [0.5, 0.6) is 0 Å². The van der Waals surface area contributed by atoms with E-state index in [-0.39, 0.29) is 11.9 Å². The van der Waals surface area contributed by atoms with Crippen LogP contribution < -0.4 is 11.1 Å². The number of benzene rings is 1. The summed E-state index contributed by atoms with van der Waals surface area (Å²) >= 11 is 4.91. The summed E-state index contributed by atoms with van der Waals surface area (Å²) in [5.74, 6) is -0.133. The van der Waals surface area contributed by atoms with E-state index in [1.54, 1.807) is 12.1 Å². The molecule has 0 fully saturated rings. The lowest BCUT2D eigenvalue weighted by molar-refractivity contribution is 0.0945. The van der Waals surface area contributed by atoms with Gasteiger partial charge in [-0.25, -0.2) is 0 Å². The Balaban J connectivity index is 2.65. The fourth-order valence-electron chi connectivity index (χ4n) is 1.41. The Labute approximate surface area is 101 Å². The first kappa shape index (κ1) is 12.6. The average Bonchev–Trinajstić information content (AvgIpc) is 2.29. The first-order valence-corrected chi connectivity index (χ1v) is 5.71. The molecule has 1 rings (SSSR count). The molecular weight excluding hydrogens is 220 g/mol. The minimum atomic E-state index is -0.215. The van der Waals surface area contributed by atoms with E-state index in [4.69, 9.17) is 18.0 Å². The van der Waals surface area contributed by atoms with Crippen LogP contribution in [-0.4, -0.2) is 16.9 Å². The molecule has 0 aliphatic carbocycles. The van der Waals surface area contributed by atoms with E-state index in [9.17, 15) is 4.79 Å². The van der Waals surface area contributed by atoms with Gasteiger partial charge in [-0.3, -0.25) is 4.79 Å². The summed E-state index contributed by atoms with van der Waals surface area (Å²) in [7, 11) is 0. The Morgan fingerprint density at radius 3 is 2.56 bits per heavy atom. The van der Waals surface area contributed by atoms with E-state index in [2.05, 4.69) is 5.32 Å². The smallest absolute Gasteiger partial charge is 0.251 e. The highest BCUT2D eigenvalue weighted by Crippen LogP contribution is 2.02. The summed E-state index contributed by atoms with van der Waals surface area (Å²) in [5, 5.41) is 2.83. The van der Waals surface area contributed by atoms with Crippen molar-refractivity contribution in [2.75, 3.05) is 0 Å². The van der Waals surface area contributed by atoms with E-state index >= 15 is 0 Å². The average molecular weight is 236 g/mol. The van der Waals surface area contributed by atoms with Gasteiger partial charge in [0.1, 0.15) is 0 Å². The van der Waals surface area contributed by atoms with Gasteiger partial charge in [0, 0.05) is 5.56 Å². The fourth-order valence-corrected chi connectivity index (χ4v) is 1.58. The maximum absolute atomic E-state index is 11.8. The maximum atomic E-state index is 11.8. The van der Waals surface area contributed by atoms with Crippen LogP contribution in [0.15, 0.2) is 30.3 Å². The van der Waals surface area contributed by atoms with Crippen molar-refractivity contribution in [3.8, 4) is 0 Å². The molecule has 0 aliphatic heterocycles. The number of carbonyl (C=O) groups is 1. The Morgan fingerprint density at radius 1 is 1.44 bits per heavy atom. The molecule has 1 unspecified atom stereocenters. The monoisotopic (exact) mass is 236 g/mol. The molecule has 0 aliphatic rings. The molecule has 1 amide bonds. The summed E-state index contributed by atoms with van der Waals surface area (Å²) < 4.78 is 0. The zero-order valence-electron chi connectivity index (χ0n) is 9.27. The molecule has 0 bridgehead atoms. The zero-order valence-corrected chi connectivity index (χ0v) is 10.1. The van der Waals surface area contributed by atoms with Gasteiger partial charge in [-0.2, -0.15) is 0 Å². The normalized spacial score (nSPS) is 11.8. The van der Waals surface area contributed by atoms with Crippen molar-refractivity contribution < 1.29 is 4.79 Å². The van der Waals surface area contributed by atoms with Crippen LogP contribution in [0.1, 0.15) is 30.1 Å². The van der Waals surface area contributed by atoms with E-state index in [1.807, 2.05) is 25.1 Å². The summed E-state index contributed by atoms with van der Waals surface area (Å²) in [5.41, 5.74) is 6.19. The number of hydrogen-bond donors (Lipinski definition) is 2. The summed E-state index contributed by atoms with van der Waals surface area (Å²) in [6, 6.07) is 8.83. The summed E-state index contributed by atoms with van der Waals surface area (Å²) in [6.45, 7) is 2.03. The zero-order chi connectivity index (χ0) is 12.0. The standard InChI is InChI=1S/C12H16N2OS/c1-2-6-10(11(13)16)14-12(15)9-7-4-3-5-8-9/h3-5,7-8,10H,2,6H2,1H3,(H2,13,16)(H,14,15).